The topological polar surface area (TPSA) is 89.0 Å². The minimum Gasteiger partial charge on any atom is -0.493 e. The van der Waals surface area contributed by atoms with Crippen LogP contribution >= 0.6 is 0 Å². The number of anilines is 1. The zero-order valence-corrected chi connectivity index (χ0v) is 18.0. The van der Waals surface area contributed by atoms with Crippen molar-refractivity contribution in [1.82, 2.24) is 5.43 Å². The number of hydrogen-bond donors (Lipinski definition) is 2. The predicted octanol–water partition coefficient (Wildman–Crippen LogP) is 3.70. The van der Waals surface area contributed by atoms with Gasteiger partial charge in [-0.25, -0.2) is 5.43 Å². The van der Waals surface area contributed by atoms with Crippen molar-refractivity contribution in [3.8, 4) is 11.5 Å². The summed E-state index contributed by atoms with van der Waals surface area (Å²) in [5, 5.41) is 6.59. The first-order valence-electron chi connectivity index (χ1n) is 10.1. The lowest BCUT2D eigenvalue weighted by Gasteiger charge is -2.13. The molecule has 2 amide bonds. The summed E-state index contributed by atoms with van der Waals surface area (Å²) in [6.45, 7) is 6.62. The number of hydrogen-bond acceptors (Lipinski definition) is 5. The molecule has 0 saturated carbocycles. The van der Waals surface area contributed by atoms with Crippen LogP contribution in [0, 0.1) is 0 Å². The van der Waals surface area contributed by atoms with Crippen molar-refractivity contribution in [1.29, 1.82) is 0 Å². The minimum absolute atomic E-state index is 0.569. The van der Waals surface area contributed by atoms with Gasteiger partial charge >= 0.3 is 11.8 Å². The molecular weight excluding hydrogens is 382 g/mol. The Bertz CT molecular complexity index is 887. The van der Waals surface area contributed by atoms with Crippen molar-refractivity contribution in [2.75, 3.05) is 19.0 Å². The minimum atomic E-state index is -0.839. The molecule has 0 bridgehead atoms. The summed E-state index contributed by atoms with van der Waals surface area (Å²) in [5.41, 5.74) is 5.61. The summed E-state index contributed by atoms with van der Waals surface area (Å²) in [5.74, 6) is -0.390. The number of aryl methyl sites for hydroxylation is 2. The third kappa shape index (κ3) is 6.07. The van der Waals surface area contributed by atoms with Gasteiger partial charge in [0.25, 0.3) is 0 Å². The monoisotopic (exact) mass is 411 g/mol. The van der Waals surface area contributed by atoms with Crippen LogP contribution in [0.15, 0.2) is 41.5 Å². The van der Waals surface area contributed by atoms with Crippen LogP contribution < -0.4 is 20.2 Å². The lowest BCUT2D eigenvalue weighted by Crippen LogP contribution is -2.33. The number of amides is 2. The number of para-hydroxylation sites is 1. The summed E-state index contributed by atoms with van der Waals surface area (Å²) < 4.78 is 10.9. The second kappa shape index (κ2) is 11.6. The van der Waals surface area contributed by atoms with E-state index in [9.17, 15) is 9.59 Å². The number of carbonyl (C=O) groups is 2. The highest BCUT2D eigenvalue weighted by atomic mass is 16.5. The molecule has 2 aromatic carbocycles. The molecular formula is C23H29N3O4. The molecule has 0 spiro atoms. The first kappa shape index (κ1) is 22.9. The van der Waals surface area contributed by atoms with Gasteiger partial charge in [-0.15, -0.1) is 0 Å². The Hall–Kier alpha value is -3.35. The maximum Gasteiger partial charge on any atom is 0.329 e. The highest BCUT2D eigenvalue weighted by Gasteiger charge is 2.16. The fourth-order valence-electron chi connectivity index (χ4n) is 2.89. The molecule has 0 aliphatic carbocycles. The van der Waals surface area contributed by atoms with Crippen molar-refractivity contribution in [3.05, 3.63) is 53.1 Å². The molecule has 30 heavy (non-hydrogen) atoms. The molecule has 2 rings (SSSR count). The van der Waals surface area contributed by atoms with Gasteiger partial charge in [-0.1, -0.05) is 39.0 Å². The van der Waals surface area contributed by atoms with Crippen LogP contribution in [0.2, 0.25) is 0 Å². The van der Waals surface area contributed by atoms with Crippen LogP contribution in [0.5, 0.6) is 11.5 Å². The van der Waals surface area contributed by atoms with E-state index >= 15 is 0 Å². The van der Waals surface area contributed by atoms with Crippen LogP contribution in [-0.4, -0.2) is 31.7 Å². The molecule has 0 atom stereocenters. The molecule has 2 aromatic rings. The normalized spacial score (nSPS) is 10.7. The van der Waals surface area contributed by atoms with Crippen molar-refractivity contribution >= 4 is 23.7 Å². The number of rotatable bonds is 9. The zero-order valence-electron chi connectivity index (χ0n) is 18.0. The number of ether oxygens (including phenoxy) is 2. The molecule has 0 aliphatic heterocycles. The highest BCUT2D eigenvalue weighted by molar-refractivity contribution is 6.39. The van der Waals surface area contributed by atoms with Crippen LogP contribution in [0.4, 0.5) is 5.69 Å². The Kier molecular flexibility index (Phi) is 8.87. The van der Waals surface area contributed by atoms with E-state index in [0.717, 1.165) is 30.4 Å². The van der Waals surface area contributed by atoms with Gasteiger partial charge in [-0.2, -0.15) is 5.10 Å². The molecule has 0 aliphatic rings. The Balaban J connectivity index is 2.02. The lowest BCUT2D eigenvalue weighted by atomic mass is 10.0. The summed E-state index contributed by atoms with van der Waals surface area (Å²) in [7, 11) is 1.56. The smallest absolute Gasteiger partial charge is 0.329 e. The molecule has 160 valence electrons. The van der Waals surface area contributed by atoms with E-state index in [0.29, 0.717) is 29.4 Å². The number of nitrogens with one attached hydrogen (secondary N) is 2. The van der Waals surface area contributed by atoms with Gasteiger partial charge in [0.05, 0.1) is 19.9 Å². The van der Waals surface area contributed by atoms with Crippen molar-refractivity contribution in [3.63, 3.8) is 0 Å². The molecule has 0 aromatic heterocycles. The first-order chi connectivity index (χ1) is 14.5. The van der Waals surface area contributed by atoms with Crippen molar-refractivity contribution in [2.24, 2.45) is 5.10 Å². The lowest BCUT2D eigenvalue weighted by molar-refractivity contribution is -0.136. The van der Waals surface area contributed by atoms with Crippen molar-refractivity contribution in [2.45, 2.75) is 40.0 Å². The van der Waals surface area contributed by atoms with Crippen LogP contribution in [0.3, 0.4) is 0 Å². The Labute approximate surface area is 177 Å². The summed E-state index contributed by atoms with van der Waals surface area (Å²) in [6.07, 6.45) is 3.84. The standard InChI is InChI=1S/C23H29N3O4/c1-5-13-30-19-12-11-16(14-20(19)29-4)15-24-26-23(28)22(27)25-21-17(6-2)9-8-10-18(21)7-3/h8-12,14-15H,5-7,13H2,1-4H3,(H,25,27)(H,26,28)/b24-15-. The fourth-order valence-corrected chi connectivity index (χ4v) is 2.89. The number of methoxy groups -OCH3 is 1. The van der Waals surface area contributed by atoms with Crippen LogP contribution in [0.25, 0.3) is 0 Å². The van der Waals surface area contributed by atoms with E-state index in [1.54, 1.807) is 25.3 Å². The Morgan fingerprint density at radius 3 is 2.30 bits per heavy atom. The Morgan fingerprint density at radius 2 is 1.70 bits per heavy atom. The first-order valence-corrected chi connectivity index (χ1v) is 10.1. The highest BCUT2D eigenvalue weighted by Crippen LogP contribution is 2.27. The number of hydrazone groups is 1. The Morgan fingerprint density at radius 1 is 1.00 bits per heavy atom. The predicted molar refractivity (Wildman–Crippen MR) is 118 cm³/mol. The third-order valence-corrected chi connectivity index (χ3v) is 4.47. The molecule has 0 radical (unpaired) electrons. The van der Waals surface area contributed by atoms with Gasteiger partial charge in [-0.3, -0.25) is 9.59 Å². The van der Waals surface area contributed by atoms with Gasteiger partial charge in [0.15, 0.2) is 11.5 Å². The molecule has 7 nitrogen and oxygen atoms in total. The maximum atomic E-state index is 12.3. The maximum absolute atomic E-state index is 12.3. The van der Waals surface area contributed by atoms with E-state index in [-0.39, 0.29) is 0 Å². The summed E-state index contributed by atoms with van der Waals surface area (Å²) in [4.78, 5) is 24.5. The van der Waals surface area contributed by atoms with E-state index in [1.807, 2.05) is 39.0 Å². The van der Waals surface area contributed by atoms with Gasteiger partial charge in [0, 0.05) is 5.69 Å². The molecule has 0 unspecified atom stereocenters. The summed E-state index contributed by atoms with van der Waals surface area (Å²) in [6, 6.07) is 11.1. The van der Waals surface area contributed by atoms with Crippen LogP contribution in [0.1, 0.15) is 43.9 Å². The molecule has 7 heteroatoms. The number of nitrogens with zero attached hydrogens (tertiary/aromatic N) is 1. The van der Waals surface area contributed by atoms with Gasteiger partial charge < -0.3 is 14.8 Å². The van der Waals surface area contributed by atoms with Crippen LogP contribution in [-0.2, 0) is 22.4 Å². The second-order valence-corrected chi connectivity index (χ2v) is 6.57. The molecule has 0 saturated heterocycles. The molecule has 0 heterocycles. The molecule has 2 N–H and O–H groups in total. The molecule has 0 fully saturated rings. The largest absolute Gasteiger partial charge is 0.493 e. The van der Waals surface area contributed by atoms with Crippen molar-refractivity contribution < 1.29 is 19.1 Å². The number of carbonyl (C=O) groups excluding carboxylic acids is 2. The zero-order chi connectivity index (χ0) is 21.9. The van der Waals surface area contributed by atoms with E-state index in [2.05, 4.69) is 15.8 Å². The van der Waals surface area contributed by atoms with E-state index < -0.39 is 11.8 Å². The average molecular weight is 412 g/mol. The third-order valence-electron chi connectivity index (χ3n) is 4.47. The number of benzene rings is 2. The van der Waals surface area contributed by atoms with E-state index in [1.165, 1.54) is 6.21 Å². The average Bonchev–Trinajstić information content (AvgIpc) is 2.77. The second-order valence-electron chi connectivity index (χ2n) is 6.57. The SMILES string of the molecule is CCCOc1ccc(/C=N\NC(=O)C(=O)Nc2c(CC)cccc2CC)cc1OC. The van der Waals surface area contributed by atoms with Gasteiger partial charge in [-0.05, 0) is 54.2 Å². The van der Waals surface area contributed by atoms with Gasteiger partial charge in [0.2, 0.25) is 0 Å². The summed E-state index contributed by atoms with van der Waals surface area (Å²) >= 11 is 0. The fraction of sp³-hybridized carbons (Fsp3) is 0.348. The van der Waals surface area contributed by atoms with Gasteiger partial charge in [0.1, 0.15) is 0 Å². The van der Waals surface area contributed by atoms with E-state index in [4.69, 9.17) is 9.47 Å². The quantitative estimate of drug-likeness (QED) is 0.374.